The first kappa shape index (κ1) is 8.36. The maximum atomic E-state index is 11.0. The molecule has 2 aromatic heterocycles. The zero-order valence-electron chi connectivity index (χ0n) is 6.80. The molecule has 0 radical (unpaired) electrons. The number of rotatable bonds is 1. The molecule has 0 saturated heterocycles. The lowest BCUT2D eigenvalue weighted by Crippen LogP contribution is -2.15. The normalized spacial score (nSPS) is 10.3. The summed E-state index contributed by atoms with van der Waals surface area (Å²) in [4.78, 5) is 28.9. The van der Waals surface area contributed by atoms with Crippen LogP contribution in [0.2, 0.25) is 0 Å². The van der Waals surface area contributed by atoms with E-state index in [4.69, 9.17) is 9.52 Å². The van der Waals surface area contributed by atoms with Gasteiger partial charge < -0.3 is 9.52 Å². The minimum atomic E-state index is -1.41. The first-order chi connectivity index (χ1) is 6.68. The topological polar surface area (TPSA) is 93.3 Å². The average Bonchev–Trinajstić information content (AvgIpc) is 2.16. The Morgan fingerprint density at radius 2 is 2.29 bits per heavy atom. The van der Waals surface area contributed by atoms with Crippen LogP contribution < -0.4 is 5.63 Å². The van der Waals surface area contributed by atoms with Crippen LogP contribution in [0.25, 0.3) is 11.1 Å². The van der Waals surface area contributed by atoms with Gasteiger partial charge in [0.1, 0.15) is 5.52 Å². The first-order valence-electron chi connectivity index (χ1n) is 3.66. The Labute approximate surface area is 76.8 Å². The van der Waals surface area contributed by atoms with Crippen LogP contribution in [0.4, 0.5) is 0 Å². The molecule has 0 atom stereocenters. The van der Waals surface area contributed by atoms with Gasteiger partial charge in [0.2, 0.25) is 5.69 Å². The number of fused-ring (bicyclic) bond motifs is 1. The number of aromatic nitrogens is 2. The summed E-state index contributed by atoms with van der Waals surface area (Å²) in [5, 5.41) is 8.58. The number of carboxylic acid groups (broad SMARTS) is 1. The average molecular weight is 192 g/mol. The Hall–Kier alpha value is -2.24. The first-order valence-corrected chi connectivity index (χ1v) is 3.66. The lowest BCUT2D eigenvalue weighted by molar-refractivity contribution is 0.0686. The fourth-order valence-corrected chi connectivity index (χ4v) is 0.993. The Morgan fingerprint density at radius 1 is 1.50 bits per heavy atom. The largest absolute Gasteiger partial charge is 0.476 e. The SMILES string of the molecule is O=C(O)c1nc2cnccc2oc1=O. The Kier molecular flexibility index (Phi) is 1.74. The summed E-state index contributed by atoms with van der Waals surface area (Å²) in [6.07, 6.45) is 2.75. The molecule has 6 nitrogen and oxygen atoms in total. The number of carbonyl (C=O) groups is 1. The van der Waals surface area contributed by atoms with Gasteiger partial charge in [0, 0.05) is 12.3 Å². The Balaban J connectivity index is 2.84. The molecule has 0 aliphatic carbocycles. The third kappa shape index (κ3) is 1.22. The van der Waals surface area contributed by atoms with E-state index < -0.39 is 17.3 Å². The number of nitrogens with zero attached hydrogens (tertiary/aromatic N) is 2. The molecule has 2 heterocycles. The molecular weight excluding hydrogens is 188 g/mol. The second-order valence-electron chi connectivity index (χ2n) is 2.50. The van der Waals surface area contributed by atoms with E-state index >= 15 is 0 Å². The molecule has 0 amide bonds. The van der Waals surface area contributed by atoms with Crippen LogP contribution in [0.3, 0.4) is 0 Å². The van der Waals surface area contributed by atoms with Crippen LogP contribution in [-0.2, 0) is 0 Å². The highest BCUT2D eigenvalue weighted by molar-refractivity contribution is 5.86. The van der Waals surface area contributed by atoms with Crippen molar-refractivity contribution in [2.75, 3.05) is 0 Å². The molecule has 0 aliphatic heterocycles. The maximum Gasteiger partial charge on any atom is 0.370 e. The molecule has 2 rings (SSSR count). The zero-order chi connectivity index (χ0) is 10.1. The van der Waals surface area contributed by atoms with Gasteiger partial charge in [-0.3, -0.25) is 4.98 Å². The minimum Gasteiger partial charge on any atom is -0.476 e. The van der Waals surface area contributed by atoms with Crippen LogP contribution in [0.15, 0.2) is 27.7 Å². The molecule has 0 unspecified atom stereocenters. The van der Waals surface area contributed by atoms with Crippen molar-refractivity contribution >= 4 is 17.1 Å². The molecule has 14 heavy (non-hydrogen) atoms. The smallest absolute Gasteiger partial charge is 0.370 e. The van der Waals surface area contributed by atoms with Gasteiger partial charge >= 0.3 is 11.6 Å². The van der Waals surface area contributed by atoms with Crippen molar-refractivity contribution in [2.45, 2.75) is 0 Å². The van der Waals surface area contributed by atoms with Gasteiger partial charge in [0.25, 0.3) is 0 Å². The summed E-state index contributed by atoms with van der Waals surface area (Å²) in [6, 6.07) is 1.44. The van der Waals surface area contributed by atoms with Crippen molar-refractivity contribution in [3.05, 3.63) is 34.6 Å². The van der Waals surface area contributed by atoms with Crippen molar-refractivity contribution in [1.82, 2.24) is 9.97 Å². The predicted molar refractivity (Wildman–Crippen MR) is 45.0 cm³/mol. The van der Waals surface area contributed by atoms with Gasteiger partial charge in [-0.15, -0.1) is 0 Å². The van der Waals surface area contributed by atoms with Crippen molar-refractivity contribution in [1.29, 1.82) is 0 Å². The quantitative estimate of drug-likeness (QED) is 0.697. The number of hydrogen-bond donors (Lipinski definition) is 1. The molecule has 6 heteroatoms. The van der Waals surface area contributed by atoms with Gasteiger partial charge in [0.05, 0.1) is 6.20 Å². The van der Waals surface area contributed by atoms with Crippen molar-refractivity contribution in [3.63, 3.8) is 0 Å². The molecule has 1 N–H and O–H groups in total. The van der Waals surface area contributed by atoms with E-state index in [1.54, 1.807) is 0 Å². The van der Waals surface area contributed by atoms with Crippen LogP contribution in [0.5, 0.6) is 0 Å². The monoisotopic (exact) mass is 192 g/mol. The van der Waals surface area contributed by atoms with Gasteiger partial charge in [-0.1, -0.05) is 0 Å². The summed E-state index contributed by atoms with van der Waals surface area (Å²) in [5.41, 5.74) is -1.14. The third-order valence-electron chi connectivity index (χ3n) is 1.59. The highest BCUT2D eigenvalue weighted by Crippen LogP contribution is 2.06. The Morgan fingerprint density at radius 3 is 3.00 bits per heavy atom. The number of aromatic carboxylic acids is 1. The molecule has 0 aromatic carbocycles. The number of hydrogen-bond acceptors (Lipinski definition) is 5. The molecule has 0 saturated carbocycles. The molecule has 0 aliphatic rings. The summed E-state index contributed by atoms with van der Waals surface area (Å²) >= 11 is 0. The van der Waals surface area contributed by atoms with Crippen molar-refractivity contribution < 1.29 is 14.3 Å². The van der Waals surface area contributed by atoms with E-state index in [2.05, 4.69) is 9.97 Å². The molecule has 70 valence electrons. The standard InChI is InChI=1S/C8H4N2O4/c11-7(12)6-8(13)14-5-1-2-9-3-4(5)10-6/h1-3H,(H,11,12). The van der Waals surface area contributed by atoms with E-state index in [1.807, 2.05) is 0 Å². The van der Waals surface area contributed by atoms with E-state index in [9.17, 15) is 9.59 Å². The molecular formula is C8H4N2O4. The molecule has 0 spiro atoms. The lowest BCUT2D eigenvalue weighted by atomic mass is 10.4. The van der Waals surface area contributed by atoms with Gasteiger partial charge in [-0.25, -0.2) is 14.6 Å². The van der Waals surface area contributed by atoms with E-state index in [0.717, 1.165) is 0 Å². The summed E-state index contributed by atoms with van der Waals surface area (Å²) in [7, 11) is 0. The highest BCUT2D eigenvalue weighted by Gasteiger charge is 2.13. The van der Waals surface area contributed by atoms with Crippen molar-refractivity contribution in [2.24, 2.45) is 0 Å². The highest BCUT2D eigenvalue weighted by atomic mass is 16.4. The van der Waals surface area contributed by atoms with E-state index in [0.29, 0.717) is 0 Å². The molecule has 0 bridgehead atoms. The fourth-order valence-electron chi connectivity index (χ4n) is 0.993. The maximum absolute atomic E-state index is 11.0. The molecule has 2 aromatic rings. The number of carboxylic acids is 1. The summed E-state index contributed by atoms with van der Waals surface area (Å²) < 4.78 is 4.72. The van der Waals surface area contributed by atoms with Crippen LogP contribution in [0, 0.1) is 0 Å². The second kappa shape index (κ2) is 2.91. The third-order valence-corrected chi connectivity index (χ3v) is 1.59. The number of pyridine rings is 1. The summed E-state index contributed by atoms with van der Waals surface area (Å²) in [5.74, 6) is -1.41. The van der Waals surface area contributed by atoms with Crippen LogP contribution in [-0.4, -0.2) is 21.0 Å². The van der Waals surface area contributed by atoms with Crippen LogP contribution >= 0.6 is 0 Å². The molecule has 0 fully saturated rings. The van der Waals surface area contributed by atoms with Crippen LogP contribution in [0.1, 0.15) is 10.5 Å². The zero-order valence-corrected chi connectivity index (χ0v) is 6.80. The second-order valence-corrected chi connectivity index (χ2v) is 2.50. The van der Waals surface area contributed by atoms with Crippen molar-refractivity contribution in [3.8, 4) is 0 Å². The predicted octanol–water partition coefficient (Wildman–Crippen LogP) is 0.281. The van der Waals surface area contributed by atoms with Gasteiger partial charge in [-0.2, -0.15) is 0 Å². The van der Waals surface area contributed by atoms with E-state index in [1.165, 1.54) is 18.5 Å². The van der Waals surface area contributed by atoms with Gasteiger partial charge in [-0.05, 0) is 0 Å². The fraction of sp³-hybridized carbons (Fsp3) is 0. The van der Waals surface area contributed by atoms with E-state index in [-0.39, 0.29) is 11.1 Å². The minimum absolute atomic E-state index is 0.218. The summed E-state index contributed by atoms with van der Waals surface area (Å²) in [6.45, 7) is 0. The lowest BCUT2D eigenvalue weighted by Gasteiger charge is -1.95. The van der Waals surface area contributed by atoms with Gasteiger partial charge in [0.15, 0.2) is 5.58 Å². The Bertz CT molecular complexity index is 561.